The molecular formula is C20H24N4O2. The Balaban J connectivity index is 1.54. The van der Waals surface area contributed by atoms with E-state index in [-0.39, 0.29) is 23.4 Å². The van der Waals surface area contributed by atoms with Crippen molar-refractivity contribution in [3.05, 3.63) is 47.0 Å². The fourth-order valence-electron chi connectivity index (χ4n) is 4.17. The molecule has 26 heavy (non-hydrogen) atoms. The first-order valence-corrected chi connectivity index (χ1v) is 9.51. The zero-order valence-electron chi connectivity index (χ0n) is 14.9. The van der Waals surface area contributed by atoms with Crippen molar-refractivity contribution in [2.45, 2.75) is 51.1 Å². The monoisotopic (exact) mass is 352 g/mol. The molecule has 0 radical (unpaired) electrons. The SMILES string of the molecule is O=C(C1CCCC1)N1CCCC1Cn1nc(-c2cccnc2)ccc1=O. The van der Waals surface area contributed by atoms with Crippen LogP contribution in [0.1, 0.15) is 38.5 Å². The van der Waals surface area contributed by atoms with Crippen molar-refractivity contribution in [1.29, 1.82) is 0 Å². The number of amides is 1. The highest BCUT2D eigenvalue weighted by atomic mass is 16.2. The second-order valence-electron chi connectivity index (χ2n) is 7.29. The van der Waals surface area contributed by atoms with Gasteiger partial charge in [0, 0.05) is 36.5 Å². The molecule has 136 valence electrons. The molecule has 2 aromatic heterocycles. The lowest BCUT2D eigenvalue weighted by Crippen LogP contribution is -2.42. The summed E-state index contributed by atoms with van der Waals surface area (Å²) in [6.45, 7) is 1.27. The summed E-state index contributed by atoms with van der Waals surface area (Å²) in [7, 11) is 0. The van der Waals surface area contributed by atoms with E-state index in [0.717, 1.165) is 56.3 Å². The Morgan fingerprint density at radius 1 is 1.12 bits per heavy atom. The first kappa shape index (κ1) is 16.9. The van der Waals surface area contributed by atoms with Gasteiger partial charge in [-0.15, -0.1) is 0 Å². The number of pyridine rings is 1. The molecule has 1 unspecified atom stereocenters. The first-order chi connectivity index (χ1) is 12.7. The Morgan fingerprint density at radius 3 is 2.73 bits per heavy atom. The summed E-state index contributed by atoms with van der Waals surface area (Å²) in [5.41, 5.74) is 1.48. The van der Waals surface area contributed by atoms with Gasteiger partial charge in [-0.3, -0.25) is 14.6 Å². The second kappa shape index (κ2) is 7.40. The van der Waals surface area contributed by atoms with Gasteiger partial charge in [-0.05, 0) is 43.9 Å². The normalized spacial score (nSPS) is 20.6. The summed E-state index contributed by atoms with van der Waals surface area (Å²) in [6.07, 6.45) is 9.72. The maximum absolute atomic E-state index is 12.8. The predicted molar refractivity (Wildman–Crippen MR) is 98.4 cm³/mol. The Morgan fingerprint density at radius 2 is 1.96 bits per heavy atom. The van der Waals surface area contributed by atoms with Crippen LogP contribution in [0.2, 0.25) is 0 Å². The molecule has 1 atom stereocenters. The van der Waals surface area contributed by atoms with E-state index in [1.807, 2.05) is 17.0 Å². The summed E-state index contributed by atoms with van der Waals surface area (Å²) < 4.78 is 1.51. The smallest absolute Gasteiger partial charge is 0.266 e. The molecule has 0 spiro atoms. The van der Waals surface area contributed by atoms with E-state index in [1.54, 1.807) is 24.5 Å². The van der Waals surface area contributed by atoms with Crippen LogP contribution in [0.15, 0.2) is 41.5 Å². The third-order valence-corrected chi connectivity index (χ3v) is 5.57. The van der Waals surface area contributed by atoms with E-state index in [9.17, 15) is 9.59 Å². The first-order valence-electron chi connectivity index (χ1n) is 9.51. The summed E-state index contributed by atoms with van der Waals surface area (Å²) in [5.74, 6) is 0.462. The maximum atomic E-state index is 12.8. The number of nitrogens with zero attached hydrogens (tertiary/aromatic N) is 4. The lowest BCUT2D eigenvalue weighted by Gasteiger charge is -2.27. The Kier molecular flexibility index (Phi) is 4.82. The van der Waals surface area contributed by atoms with Gasteiger partial charge in [0.2, 0.25) is 5.91 Å². The van der Waals surface area contributed by atoms with Gasteiger partial charge in [0.05, 0.1) is 18.3 Å². The zero-order chi connectivity index (χ0) is 17.9. The third kappa shape index (κ3) is 3.41. The van der Waals surface area contributed by atoms with Gasteiger partial charge in [0.25, 0.3) is 5.56 Å². The molecule has 2 aromatic rings. The summed E-state index contributed by atoms with van der Waals surface area (Å²) in [4.78, 5) is 31.3. The van der Waals surface area contributed by atoms with Crippen molar-refractivity contribution < 1.29 is 4.79 Å². The number of hydrogen-bond donors (Lipinski definition) is 0. The van der Waals surface area contributed by atoms with Gasteiger partial charge in [-0.25, -0.2) is 4.68 Å². The van der Waals surface area contributed by atoms with Crippen LogP contribution in [0.3, 0.4) is 0 Å². The fraction of sp³-hybridized carbons (Fsp3) is 0.500. The summed E-state index contributed by atoms with van der Waals surface area (Å²) >= 11 is 0. The molecule has 1 amide bonds. The topological polar surface area (TPSA) is 68.1 Å². The number of likely N-dealkylation sites (tertiary alicyclic amines) is 1. The molecule has 2 fully saturated rings. The number of rotatable bonds is 4. The van der Waals surface area contributed by atoms with Crippen LogP contribution in [0.25, 0.3) is 11.3 Å². The van der Waals surface area contributed by atoms with Crippen LogP contribution in [-0.2, 0) is 11.3 Å². The van der Waals surface area contributed by atoms with Crippen LogP contribution in [0.4, 0.5) is 0 Å². The molecule has 1 aliphatic carbocycles. The van der Waals surface area contributed by atoms with E-state index in [2.05, 4.69) is 10.1 Å². The summed E-state index contributed by atoms with van der Waals surface area (Å²) in [5, 5.41) is 4.52. The van der Waals surface area contributed by atoms with Crippen LogP contribution >= 0.6 is 0 Å². The van der Waals surface area contributed by atoms with E-state index >= 15 is 0 Å². The average molecular weight is 352 g/mol. The van der Waals surface area contributed by atoms with Crippen molar-refractivity contribution in [1.82, 2.24) is 19.7 Å². The lowest BCUT2D eigenvalue weighted by atomic mass is 10.1. The highest BCUT2D eigenvalue weighted by Gasteiger charge is 2.34. The van der Waals surface area contributed by atoms with Crippen LogP contribution in [-0.4, -0.2) is 38.2 Å². The van der Waals surface area contributed by atoms with E-state index in [0.29, 0.717) is 6.54 Å². The van der Waals surface area contributed by atoms with Crippen molar-refractivity contribution >= 4 is 5.91 Å². The van der Waals surface area contributed by atoms with Crippen molar-refractivity contribution in [3.63, 3.8) is 0 Å². The molecular weight excluding hydrogens is 328 g/mol. The number of carbonyl (C=O) groups excluding carboxylic acids is 1. The summed E-state index contributed by atoms with van der Waals surface area (Å²) in [6, 6.07) is 7.12. The van der Waals surface area contributed by atoms with Crippen LogP contribution in [0.5, 0.6) is 0 Å². The fourth-order valence-corrected chi connectivity index (χ4v) is 4.17. The Bertz CT molecular complexity index is 827. The molecule has 3 heterocycles. The molecule has 4 rings (SSSR count). The standard InChI is InChI=1S/C20H24N4O2/c25-19-10-9-18(16-7-3-11-21-13-16)22-24(19)14-17-8-4-12-23(17)20(26)15-5-1-2-6-15/h3,7,9-11,13,15,17H,1-2,4-6,8,12,14H2. The quantitative estimate of drug-likeness (QED) is 0.848. The minimum Gasteiger partial charge on any atom is -0.338 e. The van der Waals surface area contributed by atoms with E-state index < -0.39 is 0 Å². The van der Waals surface area contributed by atoms with Crippen LogP contribution in [0, 0.1) is 5.92 Å². The van der Waals surface area contributed by atoms with Gasteiger partial charge in [0.15, 0.2) is 0 Å². The maximum Gasteiger partial charge on any atom is 0.266 e. The molecule has 1 saturated carbocycles. The minimum atomic E-state index is -0.127. The highest BCUT2D eigenvalue weighted by Crippen LogP contribution is 2.30. The molecule has 6 heteroatoms. The molecule has 0 N–H and O–H groups in total. The molecule has 0 bridgehead atoms. The molecule has 1 aliphatic heterocycles. The number of carbonyl (C=O) groups is 1. The van der Waals surface area contributed by atoms with Crippen molar-refractivity contribution in [2.24, 2.45) is 5.92 Å². The van der Waals surface area contributed by atoms with Crippen molar-refractivity contribution in [2.75, 3.05) is 6.54 Å². The second-order valence-corrected chi connectivity index (χ2v) is 7.29. The van der Waals surface area contributed by atoms with E-state index in [1.165, 1.54) is 4.68 Å². The molecule has 0 aromatic carbocycles. The largest absolute Gasteiger partial charge is 0.338 e. The average Bonchev–Trinajstić information content (AvgIpc) is 3.36. The zero-order valence-corrected chi connectivity index (χ0v) is 14.9. The number of aromatic nitrogens is 3. The molecule has 6 nitrogen and oxygen atoms in total. The van der Waals surface area contributed by atoms with Crippen LogP contribution < -0.4 is 5.56 Å². The minimum absolute atomic E-state index is 0.0671. The van der Waals surface area contributed by atoms with Gasteiger partial charge in [0.1, 0.15) is 0 Å². The Hall–Kier alpha value is -2.50. The lowest BCUT2D eigenvalue weighted by molar-refractivity contribution is -0.136. The van der Waals surface area contributed by atoms with Crippen molar-refractivity contribution in [3.8, 4) is 11.3 Å². The highest BCUT2D eigenvalue weighted by molar-refractivity contribution is 5.79. The number of hydrogen-bond acceptors (Lipinski definition) is 4. The van der Waals surface area contributed by atoms with Gasteiger partial charge >= 0.3 is 0 Å². The van der Waals surface area contributed by atoms with Gasteiger partial charge in [-0.2, -0.15) is 5.10 Å². The predicted octanol–water partition coefficient (Wildman–Crippen LogP) is 2.49. The van der Waals surface area contributed by atoms with E-state index in [4.69, 9.17) is 0 Å². The Labute approximate surface area is 152 Å². The van der Waals surface area contributed by atoms with Gasteiger partial charge in [-0.1, -0.05) is 12.8 Å². The third-order valence-electron chi connectivity index (χ3n) is 5.57. The molecule has 1 saturated heterocycles. The van der Waals surface area contributed by atoms with Gasteiger partial charge < -0.3 is 4.90 Å². The molecule has 2 aliphatic rings.